The molecule has 3 aromatic rings. The molecule has 5 heteroatoms. The van der Waals surface area contributed by atoms with Gasteiger partial charge in [0.2, 0.25) is 0 Å². The van der Waals surface area contributed by atoms with Crippen LogP contribution in [0.5, 0.6) is 5.75 Å². The van der Waals surface area contributed by atoms with Crippen LogP contribution in [-0.2, 0) is 11.3 Å². The number of aliphatic carboxylic acids is 1. The zero-order valence-corrected chi connectivity index (χ0v) is 21.1. The second kappa shape index (κ2) is 11.6. The Morgan fingerprint density at radius 3 is 2.51 bits per heavy atom. The van der Waals surface area contributed by atoms with Crippen LogP contribution in [-0.4, -0.2) is 35.7 Å². The summed E-state index contributed by atoms with van der Waals surface area (Å²) in [6, 6.07) is 22.7. The number of carboxylic acid groups (broad SMARTS) is 1. The number of ether oxygens (including phenoxy) is 1. The van der Waals surface area contributed by atoms with E-state index in [1.165, 1.54) is 27.8 Å². The Kier molecular flexibility index (Phi) is 8.27. The maximum Gasteiger partial charge on any atom is 0.309 e. The van der Waals surface area contributed by atoms with Gasteiger partial charge in [0, 0.05) is 24.7 Å². The number of carboxylic acids is 1. The Labute approximate surface area is 212 Å². The summed E-state index contributed by atoms with van der Waals surface area (Å²) in [6.45, 7) is 6.91. The van der Waals surface area contributed by atoms with E-state index in [1.807, 2.05) is 30.3 Å². The number of carbonyl (C=O) groups is 1. The number of hydrogen-bond acceptors (Lipinski definition) is 3. The molecule has 1 saturated heterocycles. The van der Waals surface area contributed by atoms with Crippen molar-refractivity contribution in [2.45, 2.75) is 33.2 Å². The van der Waals surface area contributed by atoms with Crippen LogP contribution in [0.1, 0.15) is 40.7 Å². The number of hydrogen-bond donors (Lipinski definition) is 1. The predicted molar refractivity (Wildman–Crippen MR) is 143 cm³/mol. The molecule has 182 valence electrons. The third-order valence-corrected chi connectivity index (χ3v) is 6.80. The molecule has 0 amide bonds. The molecule has 1 aliphatic heterocycles. The molecule has 0 aliphatic carbocycles. The van der Waals surface area contributed by atoms with E-state index in [-0.39, 0.29) is 5.92 Å². The van der Waals surface area contributed by atoms with Gasteiger partial charge < -0.3 is 9.84 Å². The average molecular weight is 490 g/mol. The highest BCUT2D eigenvalue weighted by atomic mass is 35.5. The van der Waals surface area contributed by atoms with E-state index in [9.17, 15) is 4.79 Å². The van der Waals surface area contributed by atoms with Crippen molar-refractivity contribution in [1.82, 2.24) is 4.90 Å². The SMILES string of the molecule is Cc1ccc(/C=C(\CCCOc2ccc(CN3CC(C(=O)O)C3)cc2)c2cccc(Cl)c2)cc1C. The topological polar surface area (TPSA) is 49.8 Å². The fourth-order valence-electron chi connectivity index (χ4n) is 4.30. The summed E-state index contributed by atoms with van der Waals surface area (Å²) in [7, 11) is 0. The quantitative estimate of drug-likeness (QED) is 0.249. The summed E-state index contributed by atoms with van der Waals surface area (Å²) in [5, 5.41) is 9.75. The van der Waals surface area contributed by atoms with Crippen LogP contribution in [0.3, 0.4) is 0 Å². The van der Waals surface area contributed by atoms with Crippen molar-refractivity contribution in [2.24, 2.45) is 5.92 Å². The normalized spacial score (nSPS) is 14.5. The molecule has 0 unspecified atom stereocenters. The summed E-state index contributed by atoms with van der Waals surface area (Å²) in [6.07, 6.45) is 4.01. The number of nitrogens with zero attached hydrogens (tertiary/aromatic N) is 1. The Bertz CT molecular complexity index is 1200. The van der Waals surface area contributed by atoms with Crippen molar-refractivity contribution in [1.29, 1.82) is 0 Å². The number of aryl methyl sites for hydroxylation is 2. The van der Waals surface area contributed by atoms with Crippen LogP contribution in [0.25, 0.3) is 11.6 Å². The van der Waals surface area contributed by atoms with Gasteiger partial charge in [0.15, 0.2) is 0 Å². The van der Waals surface area contributed by atoms with E-state index in [2.05, 4.69) is 61.2 Å². The molecule has 1 aliphatic rings. The third-order valence-electron chi connectivity index (χ3n) is 6.56. The van der Waals surface area contributed by atoms with Gasteiger partial charge in [0.05, 0.1) is 12.5 Å². The second-order valence-electron chi connectivity index (χ2n) is 9.35. The summed E-state index contributed by atoms with van der Waals surface area (Å²) in [5.74, 6) is -0.0750. The van der Waals surface area contributed by atoms with Crippen LogP contribution in [0.2, 0.25) is 5.02 Å². The van der Waals surface area contributed by atoms with Crippen molar-refractivity contribution >= 4 is 29.2 Å². The molecule has 4 nitrogen and oxygen atoms in total. The summed E-state index contributed by atoms with van der Waals surface area (Å²) in [4.78, 5) is 13.1. The van der Waals surface area contributed by atoms with Gasteiger partial charge in [-0.1, -0.05) is 60.1 Å². The fourth-order valence-corrected chi connectivity index (χ4v) is 4.49. The smallest absolute Gasteiger partial charge is 0.309 e. The first-order valence-corrected chi connectivity index (χ1v) is 12.5. The van der Waals surface area contributed by atoms with Crippen LogP contribution in [0.15, 0.2) is 66.7 Å². The van der Waals surface area contributed by atoms with Crippen LogP contribution in [0.4, 0.5) is 0 Å². The highest BCUT2D eigenvalue weighted by Gasteiger charge is 2.32. The molecule has 1 fully saturated rings. The van der Waals surface area contributed by atoms with Crippen molar-refractivity contribution < 1.29 is 14.6 Å². The number of allylic oxidation sites excluding steroid dienone is 1. The van der Waals surface area contributed by atoms with E-state index < -0.39 is 5.97 Å². The maximum absolute atomic E-state index is 11.0. The van der Waals surface area contributed by atoms with E-state index >= 15 is 0 Å². The van der Waals surface area contributed by atoms with E-state index in [1.54, 1.807) is 0 Å². The lowest BCUT2D eigenvalue weighted by molar-refractivity contribution is -0.147. The molecule has 0 radical (unpaired) electrons. The molecule has 0 spiro atoms. The predicted octanol–water partition coefficient (Wildman–Crippen LogP) is 6.87. The van der Waals surface area contributed by atoms with Gasteiger partial charge in [-0.25, -0.2) is 0 Å². The van der Waals surface area contributed by atoms with E-state index in [0.29, 0.717) is 19.7 Å². The summed E-state index contributed by atoms with van der Waals surface area (Å²) in [5.41, 5.74) is 7.31. The molecule has 1 heterocycles. The van der Waals surface area contributed by atoms with E-state index in [4.69, 9.17) is 21.4 Å². The highest BCUT2D eigenvalue weighted by Crippen LogP contribution is 2.27. The van der Waals surface area contributed by atoms with Gasteiger partial charge in [-0.3, -0.25) is 9.69 Å². The lowest BCUT2D eigenvalue weighted by atomic mass is 9.97. The molecular formula is C30H32ClNO3. The minimum atomic E-state index is -0.702. The van der Waals surface area contributed by atoms with Gasteiger partial charge in [-0.2, -0.15) is 0 Å². The van der Waals surface area contributed by atoms with Crippen LogP contribution >= 0.6 is 11.6 Å². The van der Waals surface area contributed by atoms with Crippen LogP contribution in [0, 0.1) is 19.8 Å². The number of halogens is 1. The third kappa shape index (κ3) is 6.97. The van der Waals surface area contributed by atoms with Crippen LogP contribution < -0.4 is 4.74 Å². The summed E-state index contributed by atoms with van der Waals surface area (Å²) >= 11 is 6.28. The molecule has 3 aromatic carbocycles. The van der Waals surface area contributed by atoms with Crippen molar-refractivity contribution in [3.63, 3.8) is 0 Å². The van der Waals surface area contributed by atoms with Gasteiger partial charge in [-0.05, 0) is 84.3 Å². The lowest BCUT2D eigenvalue weighted by Gasteiger charge is -2.36. The number of rotatable bonds is 10. The maximum atomic E-state index is 11.0. The first-order chi connectivity index (χ1) is 16.9. The lowest BCUT2D eigenvalue weighted by Crippen LogP contribution is -2.49. The number of likely N-dealkylation sites (tertiary alicyclic amines) is 1. The number of benzene rings is 3. The summed E-state index contributed by atoms with van der Waals surface area (Å²) < 4.78 is 6.01. The van der Waals surface area contributed by atoms with Gasteiger partial charge >= 0.3 is 5.97 Å². The molecular weight excluding hydrogens is 458 g/mol. The monoisotopic (exact) mass is 489 g/mol. The largest absolute Gasteiger partial charge is 0.494 e. The first-order valence-electron chi connectivity index (χ1n) is 12.1. The molecule has 0 atom stereocenters. The van der Waals surface area contributed by atoms with Gasteiger partial charge in [0.1, 0.15) is 5.75 Å². The molecule has 4 rings (SSSR count). The molecule has 0 saturated carbocycles. The zero-order chi connectivity index (χ0) is 24.8. The fraction of sp³-hybridized carbons (Fsp3) is 0.300. The standard InChI is InChI=1S/C30H32ClNO3/c1-21-8-9-24(15-22(21)2)16-25(26-5-3-7-28(31)17-26)6-4-14-35-29-12-10-23(11-13-29)18-32-19-27(20-32)30(33)34/h3,5,7-13,15-17,27H,4,6,14,18-20H2,1-2H3,(H,33,34)/b25-16+. The van der Waals surface area contributed by atoms with Crippen molar-refractivity contribution in [3.05, 3.63) is 99.6 Å². The Morgan fingerprint density at radius 2 is 1.83 bits per heavy atom. The highest BCUT2D eigenvalue weighted by molar-refractivity contribution is 6.30. The Balaban J connectivity index is 1.32. The van der Waals surface area contributed by atoms with Crippen molar-refractivity contribution in [2.75, 3.05) is 19.7 Å². The Morgan fingerprint density at radius 1 is 1.06 bits per heavy atom. The van der Waals surface area contributed by atoms with Gasteiger partial charge in [-0.15, -0.1) is 0 Å². The average Bonchev–Trinajstić information content (AvgIpc) is 2.81. The minimum absolute atomic E-state index is 0.224. The second-order valence-corrected chi connectivity index (χ2v) is 9.79. The van der Waals surface area contributed by atoms with Gasteiger partial charge in [0.25, 0.3) is 0 Å². The van der Waals surface area contributed by atoms with Crippen molar-refractivity contribution in [3.8, 4) is 5.75 Å². The molecule has 0 bridgehead atoms. The van der Waals surface area contributed by atoms with E-state index in [0.717, 1.165) is 35.7 Å². The molecule has 1 N–H and O–H groups in total. The molecule has 0 aromatic heterocycles. The first kappa shape index (κ1) is 25.0. The Hall–Kier alpha value is -3.08. The minimum Gasteiger partial charge on any atom is -0.494 e. The molecule has 35 heavy (non-hydrogen) atoms. The zero-order valence-electron chi connectivity index (χ0n) is 20.3.